The van der Waals surface area contributed by atoms with Gasteiger partial charge >= 0.3 is 6.09 Å². The fourth-order valence-corrected chi connectivity index (χ4v) is 2.02. The van der Waals surface area contributed by atoms with Crippen molar-refractivity contribution in [3.63, 3.8) is 0 Å². The number of rotatable bonds is 6. The highest BCUT2D eigenvalue weighted by atomic mass is 16.5. The highest BCUT2D eigenvalue weighted by Gasteiger charge is 2.02. The van der Waals surface area contributed by atoms with E-state index in [0.29, 0.717) is 18.5 Å². The normalized spacial score (nSPS) is 9.64. The molecule has 2 aromatic rings. The maximum Gasteiger partial charge on any atom is 0.407 e. The minimum Gasteiger partial charge on any atom is -0.445 e. The summed E-state index contributed by atoms with van der Waals surface area (Å²) < 4.78 is 5.10. The standard InChI is InChI=1S/C20H20N2O3/c21-14-19(23)18-11-9-16(10-12-18)6-4-5-13-22-20(24)25-15-17-7-2-1-3-8-17/h1-3,7-12H,5,13-15,21H2,(H,22,24). The summed E-state index contributed by atoms with van der Waals surface area (Å²) in [6, 6.07) is 16.4. The molecule has 0 heterocycles. The Bertz CT molecular complexity index is 759. The molecular formula is C20H20N2O3. The fraction of sp³-hybridized carbons (Fsp3) is 0.200. The number of carbonyl (C=O) groups is 2. The molecule has 0 atom stereocenters. The summed E-state index contributed by atoms with van der Waals surface area (Å²) in [5.74, 6) is 5.84. The lowest BCUT2D eigenvalue weighted by Gasteiger charge is -2.05. The van der Waals surface area contributed by atoms with Crippen LogP contribution < -0.4 is 11.1 Å². The van der Waals surface area contributed by atoms with Crippen LogP contribution in [0, 0.1) is 11.8 Å². The largest absolute Gasteiger partial charge is 0.445 e. The van der Waals surface area contributed by atoms with Gasteiger partial charge in [-0.25, -0.2) is 4.79 Å². The van der Waals surface area contributed by atoms with E-state index in [1.54, 1.807) is 24.3 Å². The van der Waals surface area contributed by atoms with E-state index >= 15 is 0 Å². The average Bonchev–Trinajstić information content (AvgIpc) is 2.67. The predicted molar refractivity (Wildman–Crippen MR) is 96.0 cm³/mol. The third-order valence-corrected chi connectivity index (χ3v) is 3.36. The molecule has 0 unspecified atom stereocenters. The van der Waals surface area contributed by atoms with E-state index in [1.165, 1.54) is 0 Å². The number of Topliss-reactive ketones (excluding diaryl/α,β-unsaturated/α-hetero) is 1. The molecule has 128 valence electrons. The fourth-order valence-electron chi connectivity index (χ4n) is 2.02. The van der Waals surface area contributed by atoms with E-state index in [2.05, 4.69) is 17.2 Å². The van der Waals surface area contributed by atoms with Crippen LogP contribution in [0.2, 0.25) is 0 Å². The lowest BCUT2D eigenvalue weighted by atomic mass is 10.1. The lowest BCUT2D eigenvalue weighted by molar-refractivity contribution is 0.100. The van der Waals surface area contributed by atoms with Gasteiger partial charge in [-0.1, -0.05) is 54.3 Å². The number of nitrogens with one attached hydrogen (secondary N) is 1. The van der Waals surface area contributed by atoms with Crippen LogP contribution in [0.1, 0.15) is 27.9 Å². The zero-order chi connectivity index (χ0) is 17.9. The number of hydrogen-bond acceptors (Lipinski definition) is 4. The maximum absolute atomic E-state index is 11.6. The summed E-state index contributed by atoms with van der Waals surface area (Å²) >= 11 is 0. The topological polar surface area (TPSA) is 81.4 Å². The van der Waals surface area contributed by atoms with E-state index in [-0.39, 0.29) is 18.9 Å². The Morgan fingerprint density at radius 3 is 2.44 bits per heavy atom. The first-order valence-electron chi connectivity index (χ1n) is 7.96. The highest BCUT2D eigenvalue weighted by Crippen LogP contribution is 2.04. The number of carbonyl (C=O) groups excluding carboxylic acids is 2. The first-order valence-corrected chi connectivity index (χ1v) is 7.96. The SMILES string of the molecule is NCC(=O)c1ccc(C#CCCNC(=O)OCc2ccccc2)cc1. The minimum absolute atomic E-state index is 0.00291. The summed E-state index contributed by atoms with van der Waals surface area (Å²) in [6.45, 7) is 0.646. The molecule has 2 rings (SSSR count). The van der Waals surface area contributed by atoms with Crippen molar-refractivity contribution in [1.29, 1.82) is 0 Å². The minimum atomic E-state index is -0.463. The molecule has 5 heteroatoms. The molecule has 0 saturated heterocycles. The second kappa shape index (κ2) is 9.91. The van der Waals surface area contributed by atoms with E-state index in [4.69, 9.17) is 10.5 Å². The number of alkyl carbamates (subject to hydrolysis) is 1. The maximum atomic E-state index is 11.6. The van der Waals surface area contributed by atoms with Gasteiger partial charge in [0.15, 0.2) is 5.78 Å². The van der Waals surface area contributed by atoms with E-state index in [9.17, 15) is 9.59 Å². The third kappa shape index (κ3) is 6.50. The van der Waals surface area contributed by atoms with Crippen molar-refractivity contribution < 1.29 is 14.3 Å². The Kier molecular flexibility index (Phi) is 7.23. The van der Waals surface area contributed by atoms with Gasteiger partial charge in [-0.05, 0) is 17.7 Å². The molecule has 0 aliphatic carbocycles. The number of ether oxygens (including phenoxy) is 1. The Labute approximate surface area is 147 Å². The molecule has 3 N–H and O–H groups in total. The van der Waals surface area contributed by atoms with E-state index in [0.717, 1.165) is 11.1 Å². The molecule has 0 aromatic heterocycles. The van der Waals surface area contributed by atoms with Gasteiger partial charge in [0, 0.05) is 24.1 Å². The molecule has 0 saturated carbocycles. The Balaban J connectivity index is 1.68. The van der Waals surface area contributed by atoms with Gasteiger partial charge in [-0.15, -0.1) is 0 Å². The van der Waals surface area contributed by atoms with Crippen LogP contribution in [0.5, 0.6) is 0 Å². The molecule has 2 aromatic carbocycles. The summed E-state index contributed by atoms with van der Waals surface area (Å²) in [5.41, 5.74) is 7.64. The Morgan fingerprint density at radius 2 is 1.76 bits per heavy atom. The van der Waals surface area contributed by atoms with Gasteiger partial charge in [-0.2, -0.15) is 0 Å². The van der Waals surface area contributed by atoms with Crippen LogP contribution in [0.4, 0.5) is 4.79 Å². The first kappa shape index (κ1) is 18.2. The van der Waals surface area contributed by atoms with Crippen molar-refractivity contribution in [3.8, 4) is 11.8 Å². The molecule has 0 radical (unpaired) electrons. The number of nitrogens with two attached hydrogens (primary N) is 1. The second-order valence-corrected chi connectivity index (χ2v) is 5.24. The highest BCUT2D eigenvalue weighted by molar-refractivity contribution is 5.97. The van der Waals surface area contributed by atoms with E-state index in [1.807, 2.05) is 30.3 Å². The first-order chi connectivity index (χ1) is 12.2. The summed E-state index contributed by atoms with van der Waals surface area (Å²) in [5, 5.41) is 2.65. The monoisotopic (exact) mass is 336 g/mol. The summed E-state index contributed by atoms with van der Waals surface area (Å²) in [6.07, 6.45) is 0.0412. The van der Waals surface area contributed by atoms with Crippen LogP contribution in [0.15, 0.2) is 54.6 Å². The zero-order valence-corrected chi connectivity index (χ0v) is 13.8. The van der Waals surface area contributed by atoms with E-state index < -0.39 is 6.09 Å². The van der Waals surface area contributed by atoms with Crippen LogP contribution >= 0.6 is 0 Å². The van der Waals surface area contributed by atoms with Crippen LogP contribution in [-0.4, -0.2) is 25.0 Å². The molecule has 0 aliphatic heterocycles. The Morgan fingerprint density at radius 1 is 1.04 bits per heavy atom. The lowest BCUT2D eigenvalue weighted by Crippen LogP contribution is -2.24. The Hall–Kier alpha value is -3.10. The van der Waals surface area contributed by atoms with Crippen molar-refractivity contribution >= 4 is 11.9 Å². The van der Waals surface area contributed by atoms with Crippen molar-refractivity contribution in [2.24, 2.45) is 5.73 Å². The van der Waals surface area contributed by atoms with Crippen molar-refractivity contribution in [2.45, 2.75) is 13.0 Å². The van der Waals surface area contributed by atoms with Gasteiger partial charge in [0.25, 0.3) is 0 Å². The smallest absolute Gasteiger partial charge is 0.407 e. The molecule has 0 bridgehead atoms. The van der Waals surface area contributed by atoms with Gasteiger partial charge in [0.2, 0.25) is 0 Å². The molecule has 0 aliphatic rings. The quantitative estimate of drug-likeness (QED) is 0.482. The van der Waals surface area contributed by atoms with Gasteiger partial charge < -0.3 is 15.8 Å². The number of hydrogen-bond donors (Lipinski definition) is 2. The molecule has 1 amide bonds. The zero-order valence-electron chi connectivity index (χ0n) is 13.8. The van der Waals surface area contributed by atoms with Gasteiger partial charge in [-0.3, -0.25) is 4.79 Å². The van der Waals surface area contributed by atoms with Crippen LogP contribution in [0.25, 0.3) is 0 Å². The number of amides is 1. The van der Waals surface area contributed by atoms with Crippen LogP contribution in [-0.2, 0) is 11.3 Å². The molecule has 5 nitrogen and oxygen atoms in total. The molecule has 0 fully saturated rings. The van der Waals surface area contributed by atoms with Crippen molar-refractivity contribution in [2.75, 3.05) is 13.1 Å². The molecule has 0 spiro atoms. The van der Waals surface area contributed by atoms with Gasteiger partial charge in [0.05, 0.1) is 6.54 Å². The molecule has 25 heavy (non-hydrogen) atoms. The third-order valence-electron chi connectivity index (χ3n) is 3.36. The van der Waals surface area contributed by atoms with Crippen LogP contribution in [0.3, 0.4) is 0 Å². The average molecular weight is 336 g/mol. The summed E-state index contributed by atoms with van der Waals surface area (Å²) in [7, 11) is 0. The number of ketones is 1. The molecular weight excluding hydrogens is 316 g/mol. The number of benzene rings is 2. The second-order valence-electron chi connectivity index (χ2n) is 5.24. The van der Waals surface area contributed by atoms with Crippen molar-refractivity contribution in [1.82, 2.24) is 5.32 Å². The predicted octanol–water partition coefficient (Wildman–Crippen LogP) is 2.50. The van der Waals surface area contributed by atoms with Crippen molar-refractivity contribution in [3.05, 3.63) is 71.3 Å². The van der Waals surface area contributed by atoms with Gasteiger partial charge in [0.1, 0.15) is 6.61 Å². The summed E-state index contributed by atoms with van der Waals surface area (Å²) in [4.78, 5) is 23.0.